The molecule has 1 heterocycles. The summed E-state index contributed by atoms with van der Waals surface area (Å²) in [5.41, 5.74) is 7.96. The van der Waals surface area contributed by atoms with Crippen molar-refractivity contribution in [3.05, 3.63) is 29.8 Å². The average molecular weight is 234 g/mol. The minimum atomic E-state index is 0.308. The lowest BCUT2D eigenvalue weighted by atomic mass is 10.0. The molecule has 1 fully saturated rings. The first kappa shape index (κ1) is 12.4. The number of benzene rings is 1. The summed E-state index contributed by atoms with van der Waals surface area (Å²) in [4.78, 5) is 2.47. The number of nitrogens with zero attached hydrogens (tertiary/aromatic N) is 1. The van der Waals surface area contributed by atoms with E-state index < -0.39 is 0 Å². The molecule has 3 unspecified atom stereocenters. The Kier molecular flexibility index (Phi) is 3.69. The van der Waals surface area contributed by atoms with Crippen LogP contribution in [-0.4, -0.2) is 30.2 Å². The predicted octanol–water partition coefficient (Wildman–Crippen LogP) is 2.44. The average Bonchev–Trinajstić information content (AvgIpc) is 2.26. The van der Waals surface area contributed by atoms with Gasteiger partial charge in [0.05, 0.1) is 12.2 Å². The van der Waals surface area contributed by atoms with Gasteiger partial charge in [-0.3, -0.25) is 4.90 Å². The second-order valence-corrected chi connectivity index (χ2v) is 5.06. The largest absolute Gasteiger partial charge is 0.399 e. The molecule has 3 heteroatoms. The van der Waals surface area contributed by atoms with Gasteiger partial charge in [0.25, 0.3) is 0 Å². The molecule has 1 aromatic rings. The third-order valence-electron chi connectivity index (χ3n) is 3.39. The Morgan fingerprint density at radius 1 is 1.29 bits per heavy atom. The number of nitrogen functional groups attached to an aromatic ring is 1. The van der Waals surface area contributed by atoms with Crippen LogP contribution in [0.1, 0.15) is 32.4 Å². The Labute approximate surface area is 104 Å². The number of morpholine rings is 1. The molecule has 1 aliphatic heterocycles. The van der Waals surface area contributed by atoms with Crippen molar-refractivity contribution in [2.24, 2.45) is 0 Å². The molecule has 94 valence electrons. The maximum atomic E-state index is 5.84. The van der Waals surface area contributed by atoms with Crippen LogP contribution in [-0.2, 0) is 4.74 Å². The summed E-state index contributed by atoms with van der Waals surface area (Å²) >= 11 is 0. The molecule has 2 rings (SSSR count). The Balaban J connectivity index is 2.11. The van der Waals surface area contributed by atoms with Crippen LogP contribution in [0.3, 0.4) is 0 Å². The molecule has 0 aromatic heterocycles. The first-order chi connectivity index (χ1) is 8.06. The van der Waals surface area contributed by atoms with Gasteiger partial charge in [0, 0.05) is 24.8 Å². The van der Waals surface area contributed by atoms with E-state index in [0.717, 1.165) is 18.8 Å². The summed E-state index contributed by atoms with van der Waals surface area (Å²) in [7, 11) is 0. The highest BCUT2D eigenvalue weighted by Crippen LogP contribution is 2.25. The molecule has 0 radical (unpaired) electrons. The van der Waals surface area contributed by atoms with Crippen LogP contribution in [0.15, 0.2) is 24.3 Å². The van der Waals surface area contributed by atoms with Crippen molar-refractivity contribution in [2.45, 2.75) is 39.0 Å². The van der Waals surface area contributed by atoms with E-state index in [-0.39, 0.29) is 0 Å². The van der Waals surface area contributed by atoms with Crippen LogP contribution >= 0.6 is 0 Å². The second kappa shape index (κ2) is 5.07. The van der Waals surface area contributed by atoms with Gasteiger partial charge in [-0.15, -0.1) is 0 Å². The molecular formula is C14H22N2O. The Morgan fingerprint density at radius 2 is 1.94 bits per heavy atom. The fourth-order valence-electron chi connectivity index (χ4n) is 2.56. The highest BCUT2D eigenvalue weighted by atomic mass is 16.5. The van der Waals surface area contributed by atoms with Crippen LogP contribution in [0.5, 0.6) is 0 Å². The summed E-state index contributed by atoms with van der Waals surface area (Å²) in [6.45, 7) is 8.48. The number of nitrogens with two attached hydrogens (primary N) is 1. The van der Waals surface area contributed by atoms with Gasteiger partial charge in [-0.1, -0.05) is 12.1 Å². The van der Waals surface area contributed by atoms with E-state index in [9.17, 15) is 0 Å². The molecule has 1 aliphatic rings. The fourth-order valence-corrected chi connectivity index (χ4v) is 2.56. The maximum absolute atomic E-state index is 5.84. The zero-order valence-corrected chi connectivity index (χ0v) is 10.9. The zero-order valence-electron chi connectivity index (χ0n) is 10.9. The van der Waals surface area contributed by atoms with Gasteiger partial charge >= 0.3 is 0 Å². The van der Waals surface area contributed by atoms with Gasteiger partial charge in [-0.25, -0.2) is 0 Å². The second-order valence-electron chi connectivity index (χ2n) is 5.06. The molecule has 0 saturated carbocycles. The summed E-state index contributed by atoms with van der Waals surface area (Å²) in [5.74, 6) is 0. The summed E-state index contributed by atoms with van der Waals surface area (Å²) in [5, 5.41) is 0. The third-order valence-corrected chi connectivity index (χ3v) is 3.39. The molecule has 1 aromatic carbocycles. The maximum Gasteiger partial charge on any atom is 0.0678 e. The van der Waals surface area contributed by atoms with E-state index in [2.05, 4.69) is 37.8 Å². The summed E-state index contributed by atoms with van der Waals surface area (Å²) < 4.78 is 5.76. The van der Waals surface area contributed by atoms with E-state index in [0.29, 0.717) is 18.2 Å². The molecule has 17 heavy (non-hydrogen) atoms. The lowest BCUT2D eigenvalue weighted by Crippen LogP contribution is -2.46. The lowest BCUT2D eigenvalue weighted by molar-refractivity contribution is -0.0789. The van der Waals surface area contributed by atoms with Crippen LogP contribution in [0.4, 0.5) is 5.69 Å². The molecule has 2 N–H and O–H groups in total. The monoisotopic (exact) mass is 234 g/mol. The molecule has 0 aliphatic carbocycles. The van der Waals surface area contributed by atoms with Crippen LogP contribution in [0, 0.1) is 0 Å². The van der Waals surface area contributed by atoms with E-state index in [1.165, 1.54) is 5.56 Å². The predicted molar refractivity (Wildman–Crippen MR) is 70.9 cm³/mol. The normalized spacial score (nSPS) is 27.9. The van der Waals surface area contributed by atoms with Gasteiger partial charge in [0.15, 0.2) is 0 Å². The third kappa shape index (κ3) is 2.99. The minimum Gasteiger partial charge on any atom is -0.399 e. The molecule has 0 bridgehead atoms. The van der Waals surface area contributed by atoms with Crippen LogP contribution in [0.25, 0.3) is 0 Å². The van der Waals surface area contributed by atoms with Gasteiger partial charge in [0.2, 0.25) is 0 Å². The lowest BCUT2D eigenvalue weighted by Gasteiger charge is -2.39. The number of anilines is 1. The topological polar surface area (TPSA) is 38.5 Å². The van der Waals surface area contributed by atoms with Crippen LogP contribution in [0.2, 0.25) is 0 Å². The molecule has 3 nitrogen and oxygen atoms in total. The number of hydrogen-bond donors (Lipinski definition) is 1. The van der Waals surface area contributed by atoms with Crippen molar-refractivity contribution in [2.75, 3.05) is 18.8 Å². The van der Waals surface area contributed by atoms with E-state index >= 15 is 0 Å². The highest BCUT2D eigenvalue weighted by Gasteiger charge is 2.26. The Hall–Kier alpha value is -1.06. The molecule has 0 spiro atoms. The standard InChI is InChI=1S/C14H22N2O/c1-10-8-16(9-11(2)17-10)12(3)13-5-4-6-14(15)7-13/h4-7,10-12H,8-9,15H2,1-3H3. The van der Waals surface area contributed by atoms with Gasteiger partial charge in [0.1, 0.15) is 0 Å². The molecule has 3 atom stereocenters. The first-order valence-corrected chi connectivity index (χ1v) is 6.31. The van der Waals surface area contributed by atoms with Crippen LogP contribution < -0.4 is 5.73 Å². The van der Waals surface area contributed by atoms with Crippen molar-refractivity contribution >= 4 is 5.69 Å². The Bertz CT molecular complexity index is 370. The van der Waals surface area contributed by atoms with Gasteiger partial charge < -0.3 is 10.5 Å². The van der Waals surface area contributed by atoms with Crippen molar-refractivity contribution in [3.63, 3.8) is 0 Å². The quantitative estimate of drug-likeness (QED) is 0.799. The summed E-state index contributed by atoms with van der Waals surface area (Å²) in [6, 6.07) is 8.56. The SMILES string of the molecule is CC1CN(C(C)c2cccc(N)c2)CC(C)O1. The molecule has 0 amide bonds. The molecule has 1 saturated heterocycles. The Morgan fingerprint density at radius 3 is 2.53 bits per heavy atom. The molecular weight excluding hydrogens is 212 g/mol. The highest BCUT2D eigenvalue weighted by molar-refractivity contribution is 5.41. The van der Waals surface area contributed by atoms with Crippen molar-refractivity contribution in [3.8, 4) is 0 Å². The zero-order chi connectivity index (χ0) is 12.4. The number of hydrogen-bond acceptors (Lipinski definition) is 3. The number of rotatable bonds is 2. The van der Waals surface area contributed by atoms with Crippen molar-refractivity contribution in [1.82, 2.24) is 4.90 Å². The van der Waals surface area contributed by atoms with E-state index in [1.807, 2.05) is 12.1 Å². The fraction of sp³-hybridized carbons (Fsp3) is 0.571. The first-order valence-electron chi connectivity index (χ1n) is 6.31. The van der Waals surface area contributed by atoms with Crippen molar-refractivity contribution < 1.29 is 4.74 Å². The van der Waals surface area contributed by atoms with Gasteiger partial charge in [-0.2, -0.15) is 0 Å². The van der Waals surface area contributed by atoms with Gasteiger partial charge in [-0.05, 0) is 38.5 Å². The van der Waals surface area contributed by atoms with Crippen molar-refractivity contribution in [1.29, 1.82) is 0 Å². The smallest absolute Gasteiger partial charge is 0.0678 e. The van der Waals surface area contributed by atoms with E-state index in [1.54, 1.807) is 0 Å². The summed E-state index contributed by atoms with van der Waals surface area (Å²) in [6.07, 6.45) is 0.615. The number of ether oxygens (including phenoxy) is 1. The minimum absolute atomic E-state index is 0.308. The van der Waals surface area contributed by atoms with E-state index in [4.69, 9.17) is 10.5 Å².